The minimum Gasteiger partial charge on any atom is -0.343 e. The normalized spacial score (nSPS) is 12.8. The van der Waals surface area contributed by atoms with E-state index < -0.39 is 0 Å². The van der Waals surface area contributed by atoms with Crippen molar-refractivity contribution in [3.8, 4) is 44.5 Å². The van der Waals surface area contributed by atoms with Crippen LogP contribution in [0.15, 0.2) is 121 Å². The third kappa shape index (κ3) is 7.33. The number of hydrogen-bond donors (Lipinski definition) is 0. The number of rotatable bonds is 13. The number of aryl methyl sites for hydroxylation is 5. The molecule has 0 amide bonds. The van der Waals surface area contributed by atoms with Crippen LogP contribution in [0.5, 0.6) is 0 Å². The largest absolute Gasteiger partial charge is 0.343 e. The minimum atomic E-state index is 0.284. The Morgan fingerprint density at radius 3 is 1.03 bits per heavy atom. The third-order valence-electron chi connectivity index (χ3n) is 14.9. The lowest BCUT2D eigenvalue weighted by molar-refractivity contribution is -0.672. The maximum absolute atomic E-state index is 7.59. The van der Waals surface area contributed by atoms with E-state index in [1.165, 1.54) is 111 Å². The number of aromatic nitrogens is 4. The molecule has 7 aromatic rings. The van der Waals surface area contributed by atoms with Crippen molar-refractivity contribution in [3.05, 3.63) is 166 Å². The summed E-state index contributed by atoms with van der Waals surface area (Å²) in [7, 11) is 4.68. The Kier molecular flexibility index (Phi) is 13.6. The van der Waals surface area contributed by atoms with Crippen molar-refractivity contribution < 1.29 is 4.57 Å². The molecule has 0 aliphatic carbocycles. The van der Waals surface area contributed by atoms with Crippen LogP contribution in [0.25, 0.3) is 88.9 Å². The summed E-state index contributed by atoms with van der Waals surface area (Å²) in [5, 5.41) is 0. The first kappa shape index (κ1) is 46.9. The fraction of sp³-hybridized carbons (Fsp3) is 0.302. The van der Waals surface area contributed by atoms with Crippen molar-refractivity contribution in [1.29, 1.82) is 0 Å². The molecule has 3 aromatic heterocycles. The fourth-order valence-corrected chi connectivity index (χ4v) is 12.5. The lowest BCUT2D eigenvalue weighted by atomic mass is 9.90. The van der Waals surface area contributed by atoms with Crippen LogP contribution in [0.1, 0.15) is 126 Å². The molecule has 4 nitrogen and oxygen atoms in total. The van der Waals surface area contributed by atoms with Crippen LogP contribution in [0.4, 0.5) is 0 Å². The Labute approximate surface area is 410 Å². The number of benzene rings is 4. The molecule has 68 heavy (non-hydrogen) atoms. The molecule has 8 bridgehead atoms. The van der Waals surface area contributed by atoms with Crippen LogP contribution < -0.4 is 4.57 Å². The second kappa shape index (κ2) is 19.8. The molecule has 0 unspecified atom stereocenters. The van der Waals surface area contributed by atoms with Gasteiger partial charge in [-0.1, -0.05) is 177 Å². The van der Waals surface area contributed by atoms with E-state index in [4.69, 9.17) is 16.6 Å². The van der Waals surface area contributed by atoms with Gasteiger partial charge in [0.15, 0.2) is 0 Å². The Bertz CT molecular complexity index is 3280. The summed E-state index contributed by atoms with van der Waals surface area (Å²) in [5.74, 6) is 0. The molecular weight excluding hydrogens is 848 g/mol. The van der Waals surface area contributed by atoms with Crippen molar-refractivity contribution in [1.82, 2.24) is 14.1 Å². The topological polar surface area (TPSA) is 26.6 Å². The van der Waals surface area contributed by atoms with Crippen LogP contribution in [-0.2, 0) is 45.8 Å². The monoisotopic (exact) mass is 916 g/mol. The SMILES string of the molecule is CCC1=C(CC)c2nc1c(-c1ccccc1)c1c(CC)c(CC)c(c(-c3ccccc3)c3[n+](C)c(c(-c4ccccc4)c4c(CC)c(CC)c(c2-c2ccccc2)n4CCl)C(CC)=C3CC)n1C. The molecule has 5 heteroatoms. The molecule has 4 aromatic carbocycles. The molecule has 0 radical (unpaired) electrons. The predicted molar refractivity (Wildman–Crippen MR) is 293 cm³/mol. The van der Waals surface area contributed by atoms with Crippen molar-refractivity contribution in [2.45, 2.75) is 113 Å². The molecule has 0 N–H and O–H groups in total. The van der Waals surface area contributed by atoms with Crippen LogP contribution in [0, 0.1) is 0 Å². The van der Waals surface area contributed by atoms with E-state index >= 15 is 0 Å². The lowest BCUT2D eigenvalue weighted by Crippen LogP contribution is -2.34. The van der Waals surface area contributed by atoms with Gasteiger partial charge in [-0.3, -0.25) is 0 Å². The predicted octanol–water partition coefficient (Wildman–Crippen LogP) is 16.8. The van der Waals surface area contributed by atoms with Crippen molar-refractivity contribution in [2.75, 3.05) is 0 Å². The van der Waals surface area contributed by atoms with Gasteiger partial charge in [-0.05, 0) is 107 Å². The molecule has 0 saturated heterocycles. The summed E-state index contributed by atoms with van der Waals surface area (Å²) in [6.07, 6.45) is 6.95. The summed E-state index contributed by atoms with van der Waals surface area (Å²) >= 11 is 7.59. The zero-order valence-electron chi connectivity index (χ0n) is 42.1. The third-order valence-corrected chi connectivity index (χ3v) is 15.2. The number of halogens is 1. The van der Waals surface area contributed by atoms with Crippen LogP contribution in [0.3, 0.4) is 0 Å². The smallest absolute Gasteiger partial charge is 0.219 e. The van der Waals surface area contributed by atoms with Crippen molar-refractivity contribution >= 4 is 56.0 Å². The fourth-order valence-electron chi connectivity index (χ4n) is 12.2. The number of hydrogen-bond acceptors (Lipinski definition) is 1. The van der Waals surface area contributed by atoms with E-state index in [0.717, 1.165) is 73.9 Å². The van der Waals surface area contributed by atoms with Gasteiger partial charge in [0.25, 0.3) is 0 Å². The molecule has 2 aliphatic heterocycles. The Morgan fingerprint density at radius 2 is 0.691 bits per heavy atom. The first-order valence-electron chi connectivity index (χ1n) is 25.4. The highest BCUT2D eigenvalue weighted by Gasteiger charge is 2.38. The Morgan fingerprint density at radius 1 is 0.397 bits per heavy atom. The van der Waals surface area contributed by atoms with E-state index in [2.05, 4.69) is 205 Å². The van der Waals surface area contributed by atoms with Gasteiger partial charge in [0.2, 0.25) is 11.4 Å². The van der Waals surface area contributed by atoms with Gasteiger partial charge in [0, 0.05) is 29.3 Å². The summed E-state index contributed by atoms with van der Waals surface area (Å²) in [6.45, 7) is 18.7. The average molecular weight is 917 g/mol. The Hall–Kier alpha value is -6.23. The summed E-state index contributed by atoms with van der Waals surface area (Å²) in [4.78, 5) is 6.12. The van der Waals surface area contributed by atoms with Crippen LogP contribution >= 0.6 is 11.6 Å². The van der Waals surface area contributed by atoms with Gasteiger partial charge >= 0.3 is 0 Å². The van der Waals surface area contributed by atoms with Crippen molar-refractivity contribution in [2.24, 2.45) is 14.1 Å². The van der Waals surface area contributed by atoms with Gasteiger partial charge in [-0.25, -0.2) is 4.98 Å². The highest BCUT2D eigenvalue weighted by atomic mass is 35.5. The second-order valence-electron chi connectivity index (χ2n) is 18.2. The van der Waals surface area contributed by atoms with Gasteiger partial charge in [0.05, 0.1) is 50.6 Å². The highest BCUT2D eigenvalue weighted by molar-refractivity contribution is 6.17. The number of alkyl halides is 1. The number of nitrogens with zero attached hydrogens (tertiary/aromatic N) is 4. The second-order valence-corrected chi connectivity index (χ2v) is 18.4. The van der Waals surface area contributed by atoms with Gasteiger partial charge < -0.3 is 9.13 Å². The van der Waals surface area contributed by atoms with E-state index in [9.17, 15) is 0 Å². The first-order valence-corrected chi connectivity index (χ1v) is 25.9. The molecule has 5 heterocycles. The molecular formula is C63H68ClN4+. The van der Waals surface area contributed by atoms with Gasteiger partial charge in [-0.2, -0.15) is 4.57 Å². The van der Waals surface area contributed by atoms with Crippen molar-refractivity contribution in [3.63, 3.8) is 0 Å². The highest BCUT2D eigenvalue weighted by Crippen LogP contribution is 2.50. The summed E-state index contributed by atoms with van der Waals surface area (Å²) < 4.78 is 7.63. The molecule has 0 spiro atoms. The van der Waals surface area contributed by atoms with Crippen LogP contribution in [0.2, 0.25) is 0 Å². The Balaban J connectivity index is 1.78. The molecule has 9 rings (SSSR count). The number of allylic oxidation sites excluding steroid dienone is 4. The standard InChI is InChI=1S/C63H68ClN4/c1-11-44-45(12-2)57-53(41-33-25-20-26-34-41)62-50(17-7)51(18-8)63(68(62)39-64)55(43-37-29-22-30-38-43)61-49(16-6)48(15-5)60(67(61)10)54(42-35-27-21-28-36-42)59-47(14-4)46(13-3)58(66(59)9)52(56(44)65-57)40-31-23-19-24-32-40/h19-38H,11-18,39H2,1-10H3/q+1. The molecule has 2 aliphatic rings. The van der Waals surface area contributed by atoms with E-state index in [1.54, 1.807) is 0 Å². The maximum Gasteiger partial charge on any atom is 0.219 e. The van der Waals surface area contributed by atoms with Crippen LogP contribution in [-0.4, -0.2) is 14.1 Å². The van der Waals surface area contributed by atoms with E-state index in [1.807, 2.05) is 0 Å². The quantitative estimate of drug-likeness (QED) is 0.0836. The summed E-state index contributed by atoms with van der Waals surface area (Å²) in [6, 6.07) is 44.9. The average Bonchev–Trinajstić information content (AvgIpc) is 4.08. The molecule has 346 valence electrons. The molecule has 0 saturated carbocycles. The number of fused-ring (bicyclic) bond motifs is 8. The van der Waals surface area contributed by atoms with E-state index in [-0.39, 0.29) is 6.00 Å². The van der Waals surface area contributed by atoms with E-state index in [0.29, 0.717) is 0 Å². The maximum atomic E-state index is 7.59. The van der Waals surface area contributed by atoms with Gasteiger partial charge in [0.1, 0.15) is 7.05 Å². The minimum absolute atomic E-state index is 0.284. The molecule has 0 atom stereocenters. The van der Waals surface area contributed by atoms with Gasteiger partial charge in [-0.15, -0.1) is 11.6 Å². The first-order chi connectivity index (χ1) is 33.3. The zero-order valence-corrected chi connectivity index (χ0v) is 42.8. The molecule has 0 fully saturated rings. The summed E-state index contributed by atoms with van der Waals surface area (Å²) in [5.41, 5.74) is 30.1. The lowest BCUT2D eigenvalue weighted by Gasteiger charge is -2.14. The zero-order chi connectivity index (χ0) is 47.8.